The zero-order chi connectivity index (χ0) is 12.3. The lowest BCUT2D eigenvalue weighted by Gasteiger charge is -2.10. The Hall–Kier alpha value is -1.28. The van der Waals surface area contributed by atoms with Gasteiger partial charge >= 0.3 is 0 Å². The molecule has 0 bridgehead atoms. The van der Waals surface area contributed by atoms with Gasteiger partial charge in [0.1, 0.15) is 12.4 Å². The maximum absolute atomic E-state index is 5.76. The Morgan fingerprint density at radius 2 is 2.12 bits per heavy atom. The number of rotatable bonds is 9. The first-order chi connectivity index (χ1) is 8.38. The predicted molar refractivity (Wildman–Crippen MR) is 73.6 cm³/mol. The van der Waals surface area contributed by atoms with Crippen molar-refractivity contribution in [2.45, 2.75) is 26.2 Å². The zero-order valence-corrected chi connectivity index (χ0v) is 10.7. The van der Waals surface area contributed by atoms with Gasteiger partial charge in [-0.25, -0.2) is 0 Å². The predicted octanol–water partition coefficient (Wildman–Crippen LogP) is 3.18. The van der Waals surface area contributed by atoms with Gasteiger partial charge in [-0.2, -0.15) is 0 Å². The molecule has 1 aromatic rings. The Bertz CT molecular complexity index is 322. The van der Waals surface area contributed by atoms with Crippen LogP contribution in [0.25, 0.3) is 0 Å². The first kappa shape index (κ1) is 13.8. The summed E-state index contributed by atoms with van der Waals surface area (Å²) in [5.74, 6) is 0.977. The van der Waals surface area contributed by atoms with Crippen molar-refractivity contribution in [2.24, 2.45) is 0 Å². The Morgan fingerprint density at radius 1 is 1.29 bits per heavy atom. The summed E-state index contributed by atoms with van der Waals surface area (Å²) in [5.41, 5.74) is 1.20. The number of unbranched alkanes of at least 4 members (excludes halogenated alkanes) is 1. The van der Waals surface area contributed by atoms with Crippen molar-refractivity contribution in [1.82, 2.24) is 5.32 Å². The van der Waals surface area contributed by atoms with Crippen LogP contribution in [0.2, 0.25) is 0 Å². The minimum atomic E-state index is 0.720. The van der Waals surface area contributed by atoms with Crippen molar-refractivity contribution in [3.05, 3.63) is 42.5 Å². The van der Waals surface area contributed by atoms with E-state index < -0.39 is 0 Å². The fourth-order valence-electron chi connectivity index (χ4n) is 1.63. The second-order valence-corrected chi connectivity index (χ2v) is 4.05. The molecule has 1 N–H and O–H groups in total. The average molecular weight is 233 g/mol. The first-order valence-electron chi connectivity index (χ1n) is 6.40. The highest BCUT2D eigenvalue weighted by Crippen LogP contribution is 2.18. The van der Waals surface area contributed by atoms with E-state index in [1.54, 1.807) is 0 Å². The number of nitrogens with one attached hydrogen (secondary N) is 1. The van der Waals surface area contributed by atoms with E-state index in [-0.39, 0.29) is 0 Å². The molecule has 0 radical (unpaired) electrons. The second kappa shape index (κ2) is 8.82. The lowest BCUT2D eigenvalue weighted by atomic mass is 10.1. The molecule has 94 valence electrons. The van der Waals surface area contributed by atoms with Crippen LogP contribution in [0.5, 0.6) is 5.75 Å². The number of hydrogen-bond donors (Lipinski definition) is 1. The summed E-state index contributed by atoms with van der Waals surface area (Å²) in [6.45, 7) is 8.66. The quantitative estimate of drug-likeness (QED) is 0.522. The molecule has 0 amide bonds. The minimum Gasteiger partial charge on any atom is -0.492 e. The molecule has 2 nitrogen and oxygen atoms in total. The summed E-state index contributed by atoms with van der Waals surface area (Å²) in [5, 5.41) is 3.36. The number of para-hydroxylation sites is 1. The van der Waals surface area contributed by atoms with Crippen molar-refractivity contribution in [3.8, 4) is 5.75 Å². The summed E-state index contributed by atoms with van der Waals surface area (Å²) in [7, 11) is 0. The average Bonchev–Trinajstić information content (AvgIpc) is 2.36. The van der Waals surface area contributed by atoms with E-state index in [9.17, 15) is 0 Å². The zero-order valence-electron chi connectivity index (χ0n) is 10.7. The van der Waals surface area contributed by atoms with E-state index in [4.69, 9.17) is 4.74 Å². The van der Waals surface area contributed by atoms with Crippen LogP contribution in [0.1, 0.15) is 25.3 Å². The van der Waals surface area contributed by atoms with Crippen LogP contribution >= 0.6 is 0 Å². The van der Waals surface area contributed by atoms with E-state index in [1.807, 2.05) is 24.3 Å². The van der Waals surface area contributed by atoms with E-state index in [0.29, 0.717) is 0 Å². The van der Waals surface area contributed by atoms with Gasteiger partial charge in [0.05, 0.1) is 0 Å². The molecule has 17 heavy (non-hydrogen) atoms. The Balaban J connectivity index is 2.28. The van der Waals surface area contributed by atoms with E-state index >= 15 is 0 Å². The van der Waals surface area contributed by atoms with Gasteiger partial charge in [-0.1, -0.05) is 37.6 Å². The lowest BCUT2D eigenvalue weighted by molar-refractivity contribution is 0.311. The maximum Gasteiger partial charge on any atom is 0.122 e. The van der Waals surface area contributed by atoms with E-state index in [0.717, 1.165) is 31.9 Å². The molecule has 0 spiro atoms. The molecule has 1 rings (SSSR count). The molecular formula is C15H23NO. The van der Waals surface area contributed by atoms with Crippen molar-refractivity contribution >= 4 is 0 Å². The molecule has 0 saturated heterocycles. The van der Waals surface area contributed by atoms with Crippen molar-refractivity contribution < 1.29 is 4.74 Å². The Kier molecular flexibility index (Phi) is 7.15. The minimum absolute atomic E-state index is 0.720. The Labute approximate surface area is 105 Å². The molecule has 0 aliphatic rings. The SMILES string of the molecule is C=CCc1ccccc1OCCNCCCC. The fraction of sp³-hybridized carbons (Fsp3) is 0.467. The van der Waals surface area contributed by atoms with E-state index in [1.165, 1.54) is 18.4 Å². The van der Waals surface area contributed by atoms with Gasteiger partial charge in [0, 0.05) is 6.54 Å². The number of hydrogen-bond acceptors (Lipinski definition) is 2. The number of ether oxygens (including phenoxy) is 1. The first-order valence-corrected chi connectivity index (χ1v) is 6.40. The molecule has 0 atom stereocenters. The van der Waals surface area contributed by atoms with Crippen molar-refractivity contribution in [1.29, 1.82) is 0 Å². The standard InChI is InChI=1S/C15H23NO/c1-3-5-11-16-12-13-17-15-10-7-6-9-14(15)8-4-2/h4,6-7,9-10,16H,2-3,5,8,11-13H2,1H3. The Morgan fingerprint density at radius 3 is 2.88 bits per heavy atom. The van der Waals surface area contributed by atoms with Crippen LogP contribution in [0.3, 0.4) is 0 Å². The molecular weight excluding hydrogens is 210 g/mol. The third-order valence-electron chi connectivity index (χ3n) is 2.58. The fourth-order valence-corrected chi connectivity index (χ4v) is 1.63. The summed E-state index contributed by atoms with van der Waals surface area (Å²) < 4.78 is 5.76. The van der Waals surface area contributed by atoms with Gasteiger partial charge in [0.25, 0.3) is 0 Å². The third-order valence-corrected chi connectivity index (χ3v) is 2.58. The van der Waals surface area contributed by atoms with Gasteiger partial charge in [0.2, 0.25) is 0 Å². The molecule has 0 unspecified atom stereocenters. The molecule has 2 heteroatoms. The highest BCUT2D eigenvalue weighted by atomic mass is 16.5. The van der Waals surface area contributed by atoms with Gasteiger partial charge in [0.15, 0.2) is 0 Å². The van der Waals surface area contributed by atoms with Crippen LogP contribution in [-0.2, 0) is 6.42 Å². The maximum atomic E-state index is 5.76. The van der Waals surface area contributed by atoms with Crippen LogP contribution < -0.4 is 10.1 Å². The largest absolute Gasteiger partial charge is 0.492 e. The van der Waals surface area contributed by atoms with Crippen molar-refractivity contribution in [2.75, 3.05) is 19.7 Å². The van der Waals surface area contributed by atoms with Gasteiger partial charge < -0.3 is 10.1 Å². The molecule has 0 aromatic heterocycles. The lowest BCUT2D eigenvalue weighted by Crippen LogP contribution is -2.22. The topological polar surface area (TPSA) is 21.3 Å². The number of benzene rings is 1. The summed E-state index contributed by atoms with van der Waals surface area (Å²) >= 11 is 0. The summed E-state index contributed by atoms with van der Waals surface area (Å²) in [4.78, 5) is 0. The van der Waals surface area contributed by atoms with Crippen LogP contribution in [0, 0.1) is 0 Å². The van der Waals surface area contributed by atoms with Crippen LogP contribution in [-0.4, -0.2) is 19.7 Å². The molecule has 0 aliphatic heterocycles. The molecule has 1 aromatic carbocycles. The van der Waals surface area contributed by atoms with Gasteiger partial charge in [-0.05, 0) is 31.0 Å². The molecule has 0 aliphatic carbocycles. The van der Waals surface area contributed by atoms with Crippen LogP contribution in [0.4, 0.5) is 0 Å². The van der Waals surface area contributed by atoms with Crippen LogP contribution in [0.15, 0.2) is 36.9 Å². The monoisotopic (exact) mass is 233 g/mol. The normalized spacial score (nSPS) is 10.2. The summed E-state index contributed by atoms with van der Waals surface area (Å²) in [6.07, 6.45) is 5.23. The molecule has 0 heterocycles. The van der Waals surface area contributed by atoms with Gasteiger partial charge in [-0.3, -0.25) is 0 Å². The van der Waals surface area contributed by atoms with Crippen molar-refractivity contribution in [3.63, 3.8) is 0 Å². The summed E-state index contributed by atoms with van der Waals surface area (Å²) in [6, 6.07) is 8.14. The smallest absolute Gasteiger partial charge is 0.122 e. The van der Waals surface area contributed by atoms with E-state index in [2.05, 4.69) is 24.9 Å². The number of allylic oxidation sites excluding steroid dienone is 1. The molecule has 0 saturated carbocycles. The molecule has 0 fully saturated rings. The highest BCUT2D eigenvalue weighted by Gasteiger charge is 2.00. The second-order valence-electron chi connectivity index (χ2n) is 4.05. The van der Waals surface area contributed by atoms with Gasteiger partial charge in [-0.15, -0.1) is 6.58 Å². The highest BCUT2D eigenvalue weighted by molar-refractivity contribution is 5.34. The third kappa shape index (κ3) is 5.55.